The molecule has 0 aliphatic carbocycles. The van der Waals surface area contributed by atoms with Crippen LogP contribution < -0.4 is 20.3 Å². The molecule has 0 fully saturated rings. The Morgan fingerprint density at radius 3 is 2.47 bits per heavy atom. The number of H-pyrrole nitrogens is 1. The number of methoxy groups -OCH3 is 2. The minimum absolute atomic E-state index is 0.178. The third kappa shape index (κ3) is 4.92. The molecule has 2 N–H and O–H groups in total. The Morgan fingerprint density at radius 1 is 1.03 bits per heavy atom. The predicted molar refractivity (Wildman–Crippen MR) is 128 cm³/mol. The molecule has 0 radical (unpaired) electrons. The second-order valence-corrected chi connectivity index (χ2v) is 7.56. The smallest absolute Gasteiger partial charge is 0.253 e. The molecule has 2 aromatic carbocycles. The number of aromatic nitrogens is 1. The van der Waals surface area contributed by atoms with Crippen molar-refractivity contribution in [1.82, 2.24) is 9.88 Å². The lowest BCUT2D eigenvalue weighted by Gasteiger charge is -2.25. The molecular formula is C24H23N3O4S. The van der Waals surface area contributed by atoms with Gasteiger partial charge in [0.1, 0.15) is 17.3 Å². The van der Waals surface area contributed by atoms with E-state index < -0.39 is 0 Å². The van der Waals surface area contributed by atoms with Gasteiger partial charge >= 0.3 is 0 Å². The monoisotopic (exact) mass is 449 g/mol. The zero-order valence-electron chi connectivity index (χ0n) is 17.8. The fourth-order valence-electron chi connectivity index (χ4n) is 3.34. The Hall–Kier alpha value is -3.78. The van der Waals surface area contributed by atoms with E-state index in [1.807, 2.05) is 59.5 Å². The lowest BCUT2D eigenvalue weighted by atomic mass is 10.1. The molecule has 0 aliphatic rings. The summed E-state index contributed by atoms with van der Waals surface area (Å²) in [6.45, 7) is 0.717. The second kappa shape index (κ2) is 9.57. The molecule has 0 amide bonds. The highest BCUT2D eigenvalue weighted by atomic mass is 32.1. The van der Waals surface area contributed by atoms with Crippen molar-refractivity contribution in [3.63, 3.8) is 0 Å². The molecule has 0 aliphatic heterocycles. The summed E-state index contributed by atoms with van der Waals surface area (Å²) in [5, 5.41) is 4.61. The van der Waals surface area contributed by atoms with E-state index in [0.717, 1.165) is 28.1 Å². The van der Waals surface area contributed by atoms with Gasteiger partial charge in [-0.25, -0.2) is 0 Å². The molecule has 4 aromatic rings. The van der Waals surface area contributed by atoms with Crippen LogP contribution in [0.1, 0.15) is 11.3 Å². The quantitative estimate of drug-likeness (QED) is 0.401. The summed E-state index contributed by atoms with van der Waals surface area (Å²) in [7, 11) is 3.21. The molecular weight excluding hydrogens is 426 g/mol. The van der Waals surface area contributed by atoms with Crippen molar-refractivity contribution >= 4 is 33.9 Å². The fraction of sp³-hybridized carbons (Fsp3) is 0.167. The molecule has 0 saturated carbocycles. The fourth-order valence-corrected chi connectivity index (χ4v) is 3.59. The average Bonchev–Trinajstić information content (AvgIpc) is 3.32. The highest BCUT2D eigenvalue weighted by molar-refractivity contribution is 7.80. The number of anilines is 1. The first kappa shape index (κ1) is 21.5. The number of thiocarbonyl (C=S) groups is 1. The van der Waals surface area contributed by atoms with Crippen LogP contribution >= 0.6 is 12.2 Å². The number of rotatable bonds is 7. The van der Waals surface area contributed by atoms with Crippen LogP contribution in [0.5, 0.6) is 11.5 Å². The van der Waals surface area contributed by atoms with Crippen molar-refractivity contribution in [2.75, 3.05) is 19.5 Å². The zero-order chi connectivity index (χ0) is 22.5. The number of nitrogens with one attached hydrogen (secondary N) is 2. The number of benzene rings is 2. The topological polar surface area (TPSA) is 79.7 Å². The van der Waals surface area contributed by atoms with Crippen LogP contribution in [0.3, 0.4) is 0 Å². The number of hydrogen-bond donors (Lipinski definition) is 2. The molecule has 7 nitrogen and oxygen atoms in total. The first-order valence-electron chi connectivity index (χ1n) is 9.98. The molecule has 164 valence electrons. The molecule has 2 heterocycles. The number of pyridine rings is 1. The van der Waals surface area contributed by atoms with Crippen LogP contribution in [-0.2, 0) is 13.1 Å². The molecule has 32 heavy (non-hydrogen) atoms. The molecule has 4 rings (SSSR count). The van der Waals surface area contributed by atoms with Gasteiger partial charge in [0.25, 0.3) is 5.56 Å². The lowest BCUT2D eigenvalue weighted by Crippen LogP contribution is -2.35. The van der Waals surface area contributed by atoms with Crippen molar-refractivity contribution in [1.29, 1.82) is 0 Å². The Bertz CT molecular complexity index is 1270. The van der Waals surface area contributed by atoms with E-state index in [0.29, 0.717) is 29.5 Å². The van der Waals surface area contributed by atoms with Gasteiger partial charge in [0.15, 0.2) is 5.11 Å². The highest BCUT2D eigenvalue weighted by Crippen LogP contribution is 2.20. The van der Waals surface area contributed by atoms with Gasteiger partial charge < -0.3 is 29.1 Å². The summed E-state index contributed by atoms with van der Waals surface area (Å²) >= 11 is 5.68. The van der Waals surface area contributed by atoms with Crippen LogP contribution in [0.4, 0.5) is 5.69 Å². The van der Waals surface area contributed by atoms with E-state index in [2.05, 4.69) is 10.3 Å². The number of ether oxygens (including phenoxy) is 2. The number of fused-ring (bicyclic) bond motifs is 1. The highest BCUT2D eigenvalue weighted by Gasteiger charge is 2.16. The van der Waals surface area contributed by atoms with Gasteiger partial charge in [-0.05, 0) is 72.2 Å². The van der Waals surface area contributed by atoms with Gasteiger partial charge in [-0.3, -0.25) is 4.79 Å². The zero-order valence-corrected chi connectivity index (χ0v) is 18.6. The molecule has 0 atom stereocenters. The van der Waals surface area contributed by atoms with Gasteiger partial charge in [-0.1, -0.05) is 0 Å². The molecule has 0 unspecified atom stereocenters. The standard InChI is InChI=1S/C24H23N3O4S/c1-29-19-9-6-18(7-10-19)25-24(32)27(15-21-4-3-11-31-21)14-17-12-16-5-8-20(30-2)13-22(16)26-23(17)28/h3-13H,14-15H2,1-2H3,(H,25,32)(H,26,28). The maximum Gasteiger partial charge on any atom is 0.253 e. The Morgan fingerprint density at radius 2 is 1.78 bits per heavy atom. The Balaban J connectivity index is 1.60. The summed E-state index contributed by atoms with van der Waals surface area (Å²) in [5.41, 5.74) is 1.95. The molecule has 0 spiro atoms. The maximum atomic E-state index is 12.8. The third-order valence-electron chi connectivity index (χ3n) is 5.05. The van der Waals surface area contributed by atoms with Crippen molar-refractivity contribution < 1.29 is 13.9 Å². The van der Waals surface area contributed by atoms with E-state index in [1.54, 1.807) is 26.5 Å². The second-order valence-electron chi connectivity index (χ2n) is 7.17. The summed E-state index contributed by atoms with van der Waals surface area (Å²) in [5.74, 6) is 2.18. The Labute approximate surface area is 190 Å². The minimum atomic E-state index is -0.178. The largest absolute Gasteiger partial charge is 0.497 e. The summed E-state index contributed by atoms with van der Waals surface area (Å²) in [6.07, 6.45) is 1.61. The van der Waals surface area contributed by atoms with Gasteiger partial charge in [-0.2, -0.15) is 0 Å². The maximum absolute atomic E-state index is 12.8. The van der Waals surface area contributed by atoms with Crippen LogP contribution in [0.15, 0.2) is 76.1 Å². The summed E-state index contributed by atoms with van der Waals surface area (Å²) in [4.78, 5) is 17.6. The number of nitrogens with zero attached hydrogens (tertiary/aromatic N) is 1. The first-order valence-corrected chi connectivity index (χ1v) is 10.4. The Kier molecular flexibility index (Phi) is 6.42. The predicted octanol–water partition coefficient (Wildman–Crippen LogP) is 4.54. The van der Waals surface area contributed by atoms with Crippen molar-refractivity contribution in [2.45, 2.75) is 13.1 Å². The van der Waals surface area contributed by atoms with E-state index >= 15 is 0 Å². The number of furan rings is 1. The van der Waals surface area contributed by atoms with Crippen LogP contribution in [0, 0.1) is 0 Å². The molecule has 8 heteroatoms. The van der Waals surface area contributed by atoms with Crippen LogP contribution in [-0.4, -0.2) is 29.2 Å². The lowest BCUT2D eigenvalue weighted by molar-refractivity contribution is 0.359. The third-order valence-corrected chi connectivity index (χ3v) is 5.41. The summed E-state index contributed by atoms with van der Waals surface area (Å²) in [6, 6.07) is 18.6. The molecule has 0 bridgehead atoms. The van der Waals surface area contributed by atoms with Gasteiger partial charge in [0.05, 0.1) is 39.1 Å². The van der Waals surface area contributed by atoms with Crippen molar-refractivity contribution in [2.24, 2.45) is 0 Å². The van der Waals surface area contributed by atoms with Crippen LogP contribution in [0.2, 0.25) is 0 Å². The van der Waals surface area contributed by atoms with Crippen molar-refractivity contribution in [3.05, 3.63) is 88.6 Å². The first-order chi connectivity index (χ1) is 15.6. The van der Waals surface area contributed by atoms with Crippen LogP contribution in [0.25, 0.3) is 10.9 Å². The van der Waals surface area contributed by atoms with Gasteiger partial charge in [-0.15, -0.1) is 0 Å². The van der Waals surface area contributed by atoms with Crippen molar-refractivity contribution in [3.8, 4) is 11.5 Å². The average molecular weight is 450 g/mol. The number of aromatic amines is 1. The number of hydrogen-bond acceptors (Lipinski definition) is 5. The SMILES string of the molecule is COc1ccc(NC(=S)N(Cc2ccco2)Cc2cc3ccc(OC)cc3[nH]c2=O)cc1. The molecule has 2 aromatic heterocycles. The van der Waals surface area contributed by atoms with E-state index in [-0.39, 0.29) is 5.56 Å². The van der Waals surface area contributed by atoms with Gasteiger partial charge in [0, 0.05) is 17.3 Å². The van der Waals surface area contributed by atoms with E-state index in [1.165, 1.54) is 0 Å². The molecule has 0 saturated heterocycles. The van der Waals surface area contributed by atoms with E-state index in [9.17, 15) is 4.79 Å². The van der Waals surface area contributed by atoms with E-state index in [4.69, 9.17) is 26.1 Å². The summed E-state index contributed by atoms with van der Waals surface area (Å²) < 4.78 is 16.0. The van der Waals surface area contributed by atoms with Gasteiger partial charge in [0.2, 0.25) is 0 Å². The normalized spacial score (nSPS) is 10.7. The minimum Gasteiger partial charge on any atom is -0.497 e.